The Morgan fingerprint density at radius 2 is 2.24 bits per heavy atom. The summed E-state index contributed by atoms with van der Waals surface area (Å²) >= 11 is 2.91. The number of nitro benzene ring substituents is 1. The van der Waals surface area contributed by atoms with Gasteiger partial charge in [0.25, 0.3) is 0 Å². The van der Waals surface area contributed by atoms with Gasteiger partial charge in [0.05, 0.1) is 20.7 Å². The molecular formula is C12H12BrFN4O3. The van der Waals surface area contributed by atoms with E-state index in [1.807, 2.05) is 0 Å². The van der Waals surface area contributed by atoms with Gasteiger partial charge in [0.1, 0.15) is 5.82 Å². The van der Waals surface area contributed by atoms with Crippen LogP contribution < -0.4 is 10.5 Å². The maximum absolute atomic E-state index is 13.6. The first-order chi connectivity index (χ1) is 9.85. The van der Waals surface area contributed by atoms with E-state index in [0.717, 1.165) is 12.1 Å². The molecule has 0 bridgehead atoms. The average molecular weight is 359 g/mol. The quantitative estimate of drug-likeness (QED) is 0.669. The van der Waals surface area contributed by atoms with Gasteiger partial charge in [-0.05, 0) is 22.9 Å². The number of aryl methyl sites for hydroxylation is 2. The lowest BCUT2D eigenvalue weighted by Crippen LogP contribution is -2.03. The number of hydrogen-bond acceptors (Lipinski definition) is 5. The predicted octanol–water partition coefficient (Wildman–Crippen LogP) is 2.79. The summed E-state index contributed by atoms with van der Waals surface area (Å²) in [6.45, 7) is 1.90. The lowest BCUT2D eigenvalue weighted by molar-refractivity contribution is -0.385. The van der Waals surface area contributed by atoms with Crippen LogP contribution >= 0.6 is 15.9 Å². The Labute approximate surface area is 127 Å². The molecule has 2 aromatic rings. The maximum atomic E-state index is 13.6. The second-order valence-corrected chi connectivity index (χ2v) is 5.14. The topological polar surface area (TPSA) is 96.2 Å². The van der Waals surface area contributed by atoms with E-state index >= 15 is 0 Å². The van der Waals surface area contributed by atoms with Crippen LogP contribution in [0.3, 0.4) is 0 Å². The second kappa shape index (κ2) is 5.78. The molecule has 0 saturated heterocycles. The number of hydrogen-bond donors (Lipinski definition) is 1. The first-order valence-corrected chi connectivity index (χ1v) is 6.68. The molecule has 0 aliphatic rings. The fraction of sp³-hybridized carbons (Fsp3) is 0.250. The van der Waals surface area contributed by atoms with Gasteiger partial charge in [0.15, 0.2) is 0 Å². The van der Waals surface area contributed by atoms with E-state index in [1.165, 1.54) is 4.68 Å². The molecule has 0 aliphatic heterocycles. The number of aromatic nitrogens is 2. The highest BCUT2D eigenvalue weighted by Gasteiger charge is 2.22. The van der Waals surface area contributed by atoms with Crippen molar-refractivity contribution in [2.24, 2.45) is 12.8 Å². The van der Waals surface area contributed by atoms with Crippen molar-refractivity contribution in [3.05, 3.63) is 43.8 Å². The second-order valence-electron chi connectivity index (χ2n) is 4.29. The minimum absolute atomic E-state index is 0.0122. The molecule has 7 nitrogen and oxygen atoms in total. The Balaban J connectivity index is 2.54. The van der Waals surface area contributed by atoms with Gasteiger partial charge in [-0.15, -0.1) is 0 Å². The number of rotatable bonds is 4. The molecule has 1 aromatic heterocycles. The number of nitrogens with two attached hydrogens (primary N) is 1. The molecule has 9 heteroatoms. The zero-order valence-electron chi connectivity index (χ0n) is 11.3. The lowest BCUT2D eigenvalue weighted by Gasteiger charge is -2.09. The van der Waals surface area contributed by atoms with Crippen LogP contribution in [0.25, 0.3) is 0 Å². The minimum atomic E-state index is -0.663. The Morgan fingerprint density at radius 3 is 2.81 bits per heavy atom. The highest BCUT2D eigenvalue weighted by molar-refractivity contribution is 9.10. The van der Waals surface area contributed by atoms with Crippen LogP contribution in [-0.2, 0) is 13.6 Å². The van der Waals surface area contributed by atoms with Crippen molar-refractivity contribution < 1.29 is 14.1 Å². The number of halogens is 2. The zero-order valence-corrected chi connectivity index (χ0v) is 12.8. The van der Waals surface area contributed by atoms with Gasteiger partial charge in [0.2, 0.25) is 11.6 Å². The fourth-order valence-corrected chi connectivity index (χ4v) is 2.22. The molecule has 0 spiro atoms. The van der Waals surface area contributed by atoms with Crippen LogP contribution in [0.1, 0.15) is 11.3 Å². The molecule has 2 rings (SSSR count). The summed E-state index contributed by atoms with van der Waals surface area (Å²) in [6.07, 6.45) is 0. The molecule has 1 aromatic carbocycles. The van der Waals surface area contributed by atoms with Crippen LogP contribution in [0.2, 0.25) is 0 Å². The normalized spacial score (nSPS) is 10.7. The number of nitrogens with zero attached hydrogens (tertiary/aromatic N) is 3. The smallest absolute Gasteiger partial charge is 0.312 e. The summed E-state index contributed by atoms with van der Waals surface area (Å²) in [6, 6.07) is 2.00. The van der Waals surface area contributed by atoms with Crippen LogP contribution in [-0.4, -0.2) is 14.7 Å². The Kier molecular flexibility index (Phi) is 4.24. The van der Waals surface area contributed by atoms with Crippen molar-refractivity contribution in [1.29, 1.82) is 0 Å². The third-order valence-corrected chi connectivity index (χ3v) is 3.51. The first-order valence-electron chi connectivity index (χ1n) is 5.89. The van der Waals surface area contributed by atoms with Gasteiger partial charge in [-0.2, -0.15) is 5.10 Å². The van der Waals surface area contributed by atoms with E-state index in [9.17, 15) is 14.5 Å². The molecule has 112 valence electrons. The minimum Gasteiger partial charge on any atom is -0.432 e. The van der Waals surface area contributed by atoms with Crippen molar-refractivity contribution in [2.45, 2.75) is 13.5 Å². The van der Waals surface area contributed by atoms with Gasteiger partial charge in [-0.1, -0.05) is 0 Å². The predicted molar refractivity (Wildman–Crippen MR) is 76.7 cm³/mol. The summed E-state index contributed by atoms with van der Waals surface area (Å²) in [5, 5.41) is 15.2. The van der Waals surface area contributed by atoms with E-state index in [2.05, 4.69) is 21.0 Å². The van der Waals surface area contributed by atoms with Crippen molar-refractivity contribution in [2.75, 3.05) is 0 Å². The van der Waals surface area contributed by atoms with Gasteiger partial charge in [-0.3, -0.25) is 10.1 Å². The summed E-state index contributed by atoms with van der Waals surface area (Å²) in [4.78, 5) is 10.4. The molecule has 1 heterocycles. The highest BCUT2D eigenvalue weighted by atomic mass is 79.9. The van der Waals surface area contributed by atoms with Crippen molar-refractivity contribution >= 4 is 21.6 Å². The van der Waals surface area contributed by atoms with Crippen LogP contribution in [0.15, 0.2) is 16.6 Å². The Hall–Kier alpha value is -2.00. The standard InChI is InChI=1S/C12H12BrFN4O3/c1-6-7(5-15)12(17(2)16-6)21-11-4-9(14)8(13)3-10(11)18(19)20/h3-4H,5,15H2,1-2H3. The molecule has 21 heavy (non-hydrogen) atoms. The van der Waals surface area contributed by atoms with Gasteiger partial charge in [0, 0.05) is 25.7 Å². The van der Waals surface area contributed by atoms with Crippen LogP contribution in [0.4, 0.5) is 10.1 Å². The summed E-state index contributed by atoms with van der Waals surface area (Å²) in [7, 11) is 1.61. The largest absolute Gasteiger partial charge is 0.432 e. The molecule has 0 aliphatic carbocycles. The molecule has 2 N–H and O–H groups in total. The van der Waals surface area contributed by atoms with Crippen molar-refractivity contribution in [3.63, 3.8) is 0 Å². The third kappa shape index (κ3) is 2.88. The van der Waals surface area contributed by atoms with E-state index < -0.39 is 10.7 Å². The van der Waals surface area contributed by atoms with Crippen LogP contribution in [0.5, 0.6) is 11.6 Å². The molecule has 0 amide bonds. The maximum Gasteiger partial charge on any atom is 0.312 e. The fourth-order valence-electron chi connectivity index (χ4n) is 1.89. The average Bonchev–Trinajstić information content (AvgIpc) is 2.67. The number of ether oxygens (including phenoxy) is 1. The molecule has 0 radical (unpaired) electrons. The summed E-state index contributed by atoms with van der Waals surface area (Å²) in [5.41, 5.74) is 6.52. The first kappa shape index (κ1) is 15.4. The van der Waals surface area contributed by atoms with E-state index in [0.29, 0.717) is 11.3 Å². The zero-order chi connectivity index (χ0) is 15.7. The van der Waals surface area contributed by atoms with E-state index in [4.69, 9.17) is 10.5 Å². The van der Waals surface area contributed by atoms with Gasteiger partial charge in [-0.25, -0.2) is 9.07 Å². The van der Waals surface area contributed by atoms with Crippen molar-refractivity contribution in [1.82, 2.24) is 9.78 Å². The molecule has 0 unspecified atom stereocenters. The number of benzene rings is 1. The molecule has 0 atom stereocenters. The third-order valence-electron chi connectivity index (χ3n) is 2.90. The summed E-state index contributed by atoms with van der Waals surface area (Å²) < 4.78 is 20.5. The molecule has 0 saturated carbocycles. The van der Waals surface area contributed by atoms with Gasteiger partial charge >= 0.3 is 5.69 Å². The van der Waals surface area contributed by atoms with Gasteiger partial charge < -0.3 is 10.5 Å². The SMILES string of the molecule is Cc1nn(C)c(Oc2cc(F)c(Br)cc2[N+](=O)[O-])c1CN. The highest BCUT2D eigenvalue weighted by Crippen LogP contribution is 2.36. The van der Waals surface area contributed by atoms with E-state index in [-0.39, 0.29) is 28.3 Å². The molecule has 0 fully saturated rings. The Bertz CT molecular complexity index is 717. The lowest BCUT2D eigenvalue weighted by atomic mass is 10.2. The number of nitro groups is 1. The monoisotopic (exact) mass is 358 g/mol. The molecular weight excluding hydrogens is 347 g/mol. The Morgan fingerprint density at radius 1 is 1.57 bits per heavy atom. The van der Waals surface area contributed by atoms with Crippen LogP contribution in [0, 0.1) is 22.9 Å². The van der Waals surface area contributed by atoms with E-state index in [1.54, 1.807) is 14.0 Å². The summed E-state index contributed by atoms with van der Waals surface area (Å²) in [5.74, 6) is -0.623. The van der Waals surface area contributed by atoms with Crippen molar-refractivity contribution in [3.8, 4) is 11.6 Å².